The quantitative estimate of drug-likeness (QED) is 0.730. The van der Waals surface area contributed by atoms with Crippen molar-refractivity contribution in [3.05, 3.63) is 35.4 Å². The Morgan fingerprint density at radius 1 is 1.21 bits per heavy atom. The maximum atomic E-state index is 12.4. The Kier molecular flexibility index (Phi) is 2.74. The summed E-state index contributed by atoms with van der Waals surface area (Å²) in [6, 6.07) is 6.12. The van der Waals surface area contributed by atoms with Gasteiger partial charge in [-0.3, -0.25) is 0 Å². The van der Waals surface area contributed by atoms with Crippen molar-refractivity contribution < 1.29 is 18.3 Å². The van der Waals surface area contributed by atoms with Gasteiger partial charge in [-0.05, 0) is 6.07 Å². The zero-order chi connectivity index (χ0) is 9.97. The zero-order valence-corrected chi connectivity index (χ0v) is 7.45. The van der Waals surface area contributed by atoms with E-state index in [9.17, 15) is 8.78 Å². The molecule has 0 radical (unpaired) electrons. The topological polar surface area (TPSA) is 18.5 Å². The molecule has 0 spiro atoms. The molecule has 1 aromatic carbocycles. The molecule has 0 aliphatic carbocycles. The average Bonchev–Trinajstić information content (AvgIpc) is 2.71. The first kappa shape index (κ1) is 9.55. The van der Waals surface area contributed by atoms with E-state index >= 15 is 0 Å². The van der Waals surface area contributed by atoms with E-state index in [0.717, 1.165) is 0 Å². The van der Waals surface area contributed by atoms with Gasteiger partial charge >= 0.3 is 0 Å². The van der Waals surface area contributed by atoms with Gasteiger partial charge in [-0.25, -0.2) is 8.78 Å². The van der Waals surface area contributed by atoms with Crippen molar-refractivity contribution in [2.24, 2.45) is 0 Å². The fraction of sp³-hybridized carbons (Fsp3) is 0.400. The van der Waals surface area contributed by atoms with Gasteiger partial charge in [0.2, 0.25) is 0 Å². The lowest BCUT2D eigenvalue weighted by molar-refractivity contribution is -0.0442. The van der Waals surface area contributed by atoms with Gasteiger partial charge in [-0.1, -0.05) is 18.2 Å². The van der Waals surface area contributed by atoms with Gasteiger partial charge in [-0.15, -0.1) is 0 Å². The van der Waals surface area contributed by atoms with Crippen molar-refractivity contribution in [1.82, 2.24) is 0 Å². The number of benzene rings is 1. The first-order valence-corrected chi connectivity index (χ1v) is 4.38. The Bertz CT molecular complexity index is 309. The lowest BCUT2D eigenvalue weighted by atomic mass is 10.1. The van der Waals surface area contributed by atoms with Crippen LogP contribution >= 0.6 is 0 Å². The van der Waals surface area contributed by atoms with Crippen LogP contribution in [0.25, 0.3) is 0 Å². The highest BCUT2D eigenvalue weighted by atomic mass is 19.3. The van der Waals surface area contributed by atoms with Crippen LogP contribution in [0.2, 0.25) is 0 Å². The second-order valence-electron chi connectivity index (χ2n) is 3.04. The van der Waals surface area contributed by atoms with Crippen molar-refractivity contribution in [3.8, 4) is 0 Å². The minimum absolute atomic E-state index is 0.00148. The summed E-state index contributed by atoms with van der Waals surface area (Å²) in [5.74, 6) is 0. The Balaban J connectivity index is 2.21. The van der Waals surface area contributed by atoms with Crippen LogP contribution in [-0.2, 0) is 9.47 Å². The predicted octanol–water partition coefficient (Wildman–Crippen LogP) is 2.67. The highest BCUT2D eigenvalue weighted by Gasteiger charge is 2.19. The van der Waals surface area contributed by atoms with E-state index < -0.39 is 12.7 Å². The molecule has 0 atom stereocenters. The zero-order valence-electron chi connectivity index (χ0n) is 7.45. The van der Waals surface area contributed by atoms with Gasteiger partial charge in [0.05, 0.1) is 13.2 Å². The molecule has 0 amide bonds. The lowest BCUT2D eigenvalue weighted by Gasteiger charge is -2.10. The maximum Gasteiger partial charge on any atom is 0.263 e. The molecule has 0 N–H and O–H groups in total. The predicted molar refractivity (Wildman–Crippen MR) is 46.0 cm³/mol. The van der Waals surface area contributed by atoms with Crippen LogP contribution in [-0.4, -0.2) is 13.2 Å². The van der Waals surface area contributed by atoms with Gasteiger partial charge < -0.3 is 9.47 Å². The highest BCUT2D eigenvalue weighted by Crippen LogP contribution is 2.27. The van der Waals surface area contributed by atoms with Crippen molar-refractivity contribution in [3.63, 3.8) is 0 Å². The summed E-state index contributed by atoms with van der Waals surface area (Å²) in [6.07, 6.45) is -2.93. The van der Waals surface area contributed by atoms with E-state index in [1.165, 1.54) is 12.1 Å². The van der Waals surface area contributed by atoms with Crippen molar-refractivity contribution >= 4 is 0 Å². The molecule has 0 aromatic heterocycles. The van der Waals surface area contributed by atoms with Gasteiger partial charge in [0, 0.05) is 11.1 Å². The molecular weight excluding hydrogens is 190 g/mol. The molecule has 1 aliphatic rings. The molecule has 76 valence electrons. The fourth-order valence-corrected chi connectivity index (χ4v) is 1.39. The number of ether oxygens (including phenoxy) is 2. The molecule has 1 aliphatic heterocycles. The van der Waals surface area contributed by atoms with Crippen molar-refractivity contribution in [1.29, 1.82) is 0 Å². The third-order valence-electron chi connectivity index (χ3n) is 2.06. The maximum absolute atomic E-state index is 12.4. The Morgan fingerprint density at radius 2 is 1.93 bits per heavy atom. The molecule has 1 fully saturated rings. The van der Waals surface area contributed by atoms with Gasteiger partial charge in [0.1, 0.15) is 0 Å². The number of hydrogen-bond donors (Lipinski definition) is 0. The molecule has 0 unspecified atom stereocenters. The molecule has 1 heterocycles. The molecule has 0 bridgehead atoms. The first-order chi connectivity index (χ1) is 6.77. The molecular formula is C10H10F2O2. The Labute approximate surface area is 80.4 Å². The summed E-state index contributed by atoms with van der Waals surface area (Å²) in [6.45, 7) is 1.03. The van der Waals surface area contributed by atoms with Gasteiger partial charge in [0.25, 0.3) is 6.43 Å². The van der Waals surface area contributed by atoms with E-state index in [1.54, 1.807) is 12.1 Å². The summed E-state index contributed by atoms with van der Waals surface area (Å²) in [7, 11) is 0. The van der Waals surface area contributed by atoms with Gasteiger partial charge in [-0.2, -0.15) is 0 Å². The fourth-order valence-electron chi connectivity index (χ4n) is 1.39. The van der Waals surface area contributed by atoms with E-state index in [0.29, 0.717) is 18.8 Å². The third kappa shape index (κ3) is 1.91. The standard InChI is InChI=1S/C10H10F2O2/c11-9(12)7-2-1-3-8(6-7)10-13-4-5-14-10/h1-3,6,9-10H,4-5H2. The van der Waals surface area contributed by atoms with E-state index in [4.69, 9.17) is 9.47 Å². The summed E-state index contributed by atoms with van der Waals surface area (Å²) in [5.41, 5.74) is 0.655. The molecule has 14 heavy (non-hydrogen) atoms. The first-order valence-electron chi connectivity index (χ1n) is 4.38. The van der Waals surface area contributed by atoms with Crippen LogP contribution in [0.3, 0.4) is 0 Å². The van der Waals surface area contributed by atoms with E-state index in [2.05, 4.69) is 0 Å². The third-order valence-corrected chi connectivity index (χ3v) is 2.06. The van der Waals surface area contributed by atoms with E-state index in [1.807, 2.05) is 0 Å². The molecule has 1 saturated heterocycles. The van der Waals surface area contributed by atoms with E-state index in [-0.39, 0.29) is 5.56 Å². The second-order valence-corrected chi connectivity index (χ2v) is 3.04. The number of rotatable bonds is 2. The monoisotopic (exact) mass is 200 g/mol. The molecule has 2 nitrogen and oxygen atoms in total. The van der Waals surface area contributed by atoms with Crippen LogP contribution in [0.1, 0.15) is 23.8 Å². The molecule has 0 saturated carbocycles. The summed E-state index contributed by atoms with van der Waals surface area (Å²) >= 11 is 0. The molecule has 1 aromatic rings. The molecule has 4 heteroatoms. The SMILES string of the molecule is FC(F)c1cccc(C2OCCO2)c1. The van der Waals surface area contributed by atoms with Crippen LogP contribution in [0.5, 0.6) is 0 Å². The van der Waals surface area contributed by atoms with Crippen molar-refractivity contribution in [2.75, 3.05) is 13.2 Å². The normalized spacial score (nSPS) is 17.9. The Hall–Kier alpha value is -1.00. The minimum Gasteiger partial charge on any atom is -0.346 e. The smallest absolute Gasteiger partial charge is 0.263 e. The second kappa shape index (κ2) is 4.02. The van der Waals surface area contributed by atoms with Crippen LogP contribution < -0.4 is 0 Å². The van der Waals surface area contributed by atoms with Crippen LogP contribution in [0.15, 0.2) is 24.3 Å². The van der Waals surface area contributed by atoms with Gasteiger partial charge in [0.15, 0.2) is 6.29 Å². The highest BCUT2D eigenvalue weighted by molar-refractivity contribution is 5.25. The number of alkyl halides is 2. The average molecular weight is 200 g/mol. The Morgan fingerprint density at radius 3 is 2.57 bits per heavy atom. The van der Waals surface area contributed by atoms with Crippen LogP contribution in [0, 0.1) is 0 Å². The minimum atomic E-state index is -2.45. The summed E-state index contributed by atoms with van der Waals surface area (Å²) in [5, 5.41) is 0. The largest absolute Gasteiger partial charge is 0.346 e. The molecule has 2 rings (SSSR count). The van der Waals surface area contributed by atoms with Crippen LogP contribution in [0.4, 0.5) is 8.78 Å². The lowest BCUT2D eigenvalue weighted by Crippen LogP contribution is -1.98. The summed E-state index contributed by atoms with van der Waals surface area (Å²) in [4.78, 5) is 0. The summed E-state index contributed by atoms with van der Waals surface area (Å²) < 4.78 is 35.1. The number of hydrogen-bond acceptors (Lipinski definition) is 2. The van der Waals surface area contributed by atoms with Crippen molar-refractivity contribution in [2.45, 2.75) is 12.7 Å². The number of halogens is 2.